The molecule has 0 aromatic heterocycles. The summed E-state index contributed by atoms with van der Waals surface area (Å²) < 4.78 is 0. The SMILES string of the molecule is CCCN1CCN(CC2(CN)CCCC2)CC1. The summed E-state index contributed by atoms with van der Waals surface area (Å²) in [4.78, 5) is 5.25. The fourth-order valence-corrected chi connectivity index (χ4v) is 3.51. The minimum atomic E-state index is 0.465. The van der Waals surface area contributed by atoms with Crippen LogP contribution in [0.1, 0.15) is 39.0 Å². The number of rotatable bonds is 5. The molecule has 1 aliphatic carbocycles. The Morgan fingerprint density at radius 3 is 2.12 bits per heavy atom. The number of hydrogen-bond donors (Lipinski definition) is 1. The molecule has 0 amide bonds. The highest BCUT2D eigenvalue weighted by Crippen LogP contribution is 2.37. The van der Waals surface area contributed by atoms with Crippen LogP contribution in [-0.2, 0) is 0 Å². The Morgan fingerprint density at radius 1 is 1.00 bits per heavy atom. The fraction of sp³-hybridized carbons (Fsp3) is 1.00. The van der Waals surface area contributed by atoms with Crippen molar-refractivity contribution in [1.82, 2.24) is 9.80 Å². The maximum atomic E-state index is 6.02. The van der Waals surface area contributed by atoms with Gasteiger partial charge in [0.05, 0.1) is 0 Å². The van der Waals surface area contributed by atoms with E-state index in [1.807, 2.05) is 0 Å². The van der Waals surface area contributed by atoms with E-state index < -0.39 is 0 Å². The molecule has 0 aromatic rings. The Balaban J connectivity index is 1.77. The number of nitrogens with two attached hydrogens (primary N) is 1. The summed E-state index contributed by atoms with van der Waals surface area (Å²) in [6.45, 7) is 10.7. The molecule has 1 saturated heterocycles. The molecule has 0 radical (unpaired) electrons. The summed E-state index contributed by atoms with van der Waals surface area (Å²) in [6, 6.07) is 0. The van der Waals surface area contributed by atoms with Crippen LogP contribution in [-0.4, -0.2) is 55.6 Å². The Labute approximate surface area is 106 Å². The van der Waals surface area contributed by atoms with Gasteiger partial charge in [0.1, 0.15) is 0 Å². The van der Waals surface area contributed by atoms with Crippen molar-refractivity contribution >= 4 is 0 Å². The molecule has 1 heterocycles. The molecule has 0 bridgehead atoms. The Hall–Kier alpha value is -0.120. The van der Waals surface area contributed by atoms with Gasteiger partial charge in [0.25, 0.3) is 0 Å². The van der Waals surface area contributed by atoms with Gasteiger partial charge in [0.2, 0.25) is 0 Å². The predicted molar refractivity (Wildman–Crippen MR) is 73.1 cm³/mol. The summed E-state index contributed by atoms with van der Waals surface area (Å²) in [6.07, 6.45) is 6.80. The Morgan fingerprint density at radius 2 is 1.59 bits per heavy atom. The van der Waals surface area contributed by atoms with Crippen LogP contribution in [0.25, 0.3) is 0 Å². The van der Waals surface area contributed by atoms with Crippen molar-refractivity contribution in [3.63, 3.8) is 0 Å². The van der Waals surface area contributed by atoms with Crippen LogP contribution in [0.2, 0.25) is 0 Å². The minimum absolute atomic E-state index is 0.465. The van der Waals surface area contributed by atoms with Gasteiger partial charge in [-0.2, -0.15) is 0 Å². The lowest BCUT2D eigenvalue weighted by Crippen LogP contribution is -2.50. The number of piperazine rings is 1. The first-order chi connectivity index (χ1) is 8.28. The fourth-order valence-electron chi connectivity index (χ4n) is 3.51. The highest BCUT2D eigenvalue weighted by molar-refractivity contribution is 4.89. The Kier molecular flexibility index (Phi) is 4.83. The van der Waals surface area contributed by atoms with Crippen molar-refractivity contribution in [2.45, 2.75) is 39.0 Å². The van der Waals surface area contributed by atoms with E-state index in [-0.39, 0.29) is 0 Å². The van der Waals surface area contributed by atoms with Gasteiger partial charge in [0.15, 0.2) is 0 Å². The van der Waals surface area contributed by atoms with Crippen molar-refractivity contribution in [2.75, 3.05) is 45.8 Å². The molecule has 100 valence electrons. The molecule has 0 spiro atoms. The van der Waals surface area contributed by atoms with Crippen LogP contribution in [0.4, 0.5) is 0 Å². The normalized spacial score (nSPS) is 26.5. The topological polar surface area (TPSA) is 32.5 Å². The first kappa shape index (κ1) is 13.3. The molecule has 2 N–H and O–H groups in total. The van der Waals surface area contributed by atoms with Gasteiger partial charge in [-0.1, -0.05) is 19.8 Å². The van der Waals surface area contributed by atoms with E-state index >= 15 is 0 Å². The van der Waals surface area contributed by atoms with Crippen molar-refractivity contribution in [3.05, 3.63) is 0 Å². The molecule has 2 aliphatic rings. The molecule has 0 atom stereocenters. The van der Waals surface area contributed by atoms with Crippen molar-refractivity contribution in [2.24, 2.45) is 11.1 Å². The Bertz CT molecular complexity index is 216. The highest BCUT2D eigenvalue weighted by atomic mass is 15.3. The largest absolute Gasteiger partial charge is 0.330 e. The van der Waals surface area contributed by atoms with E-state index in [4.69, 9.17) is 5.73 Å². The molecule has 17 heavy (non-hydrogen) atoms. The molecule has 1 aliphatic heterocycles. The van der Waals surface area contributed by atoms with E-state index in [0.717, 1.165) is 6.54 Å². The van der Waals surface area contributed by atoms with Crippen molar-refractivity contribution < 1.29 is 0 Å². The number of hydrogen-bond acceptors (Lipinski definition) is 3. The average molecular weight is 239 g/mol. The van der Waals surface area contributed by atoms with E-state index in [0.29, 0.717) is 5.41 Å². The molecular weight excluding hydrogens is 210 g/mol. The van der Waals surface area contributed by atoms with Crippen LogP contribution >= 0.6 is 0 Å². The third kappa shape index (κ3) is 3.43. The first-order valence-corrected chi connectivity index (χ1v) is 7.43. The predicted octanol–water partition coefficient (Wildman–Crippen LogP) is 1.53. The second kappa shape index (κ2) is 6.17. The zero-order valence-corrected chi connectivity index (χ0v) is 11.5. The lowest BCUT2D eigenvalue weighted by atomic mass is 9.85. The van der Waals surface area contributed by atoms with Gasteiger partial charge in [-0.15, -0.1) is 0 Å². The second-order valence-electron chi connectivity index (χ2n) is 6.03. The second-order valence-corrected chi connectivity index (χ2v) is 6.03. The molecule has 2 fully saturated rings. The van der Waals surface area contributed by atoms with Crippen LogP contribution in [0, 0.1) is 5.41 Å². The molecule has 0 aromatic carbocycles. The van der Waals surface area contributed by atoms with Crippen molar-refractivity contribution in [3.8, 4) is 0 Å². The summed E-state index contributed by atoms with van der Waals surface area (Å²) >= 11 is 0. The van der Waals surface area contributed by atoms with Crippen LogP contribution < -0.4 is 5.73 Å². The van der Waals surface area contributed by atoms with Gasteiger partial charge in [0, 0.05) is 32.7 Å². The molecule has 1 saturated carbocycles. The van der Waals surface area contributed by atoms with E-state index in [9.17, 15) is 0 Å². The first-order valence-electron chi connectivity index (χ1n) is 7.43. The monoisotopic (exact) mass is 239 g/mol. The molecule has 2 rings (SSSR count). The zero-order valence-electron chi connectivity index (χ0n) is 11.5. The average Bonchev–Trinajstić information content (AvgIpc) is 2.81. The smallest absolute Gasteiger partial charge is 0.0110 e. The molecule has 0 unspecified atom stereocenters. The lowest BCUT2D eigenvalue weighted by molar-refractivity contribution is 0.0889. The quantitative estimate of drug-likeness (QED) is 0.790. The molecule has 3 nitrogen and oxygen atoms in total. The summed E-state index contributed by atoms with van der Waals surface area (Å²) in [5, 5.41) is 0. The zero-order chi connectivity index (χ0) is 12.1. The maximum absolute atomic E-state index is 6.02. The van der Waals surface area contributed by atoms with E-state index in [1.54, 1.807) is 0 Å². The van der Waals surface area contributed by atoms with E-state index in [1.165, 1.54) is 71.4 Å². The van der Waals surface area contributed by atoms with Crippen LogP contribution in [0.15, 0.2) is 0 Å². The van der Waals surface area contributed by atoms with E-state index in [2.05, 4.69) is 16.7 Å². The van der Waals surface area contributed by atoms with Gasteiger partial charge in [-0.25, -0.2) is 0 Å². The maximum Gasteiger partial charge on any atom is 0.0110 e. The van der Waals surface area contributed by atoms with Crippen LogP contribution in [0.3, 0.4) is 0 Å². The summed E-state index contributed by atoms with van der Waals surface area (Å²) in [7, 11) is 0. The molecule has 3 heteroatoms. The minimum Gasteiger partial charge on any atom is -0.330 e. The lowest BCUT2D eigenvalue weighted by Gasteiger charge is -2.39. The standard InChI is InChI=1S/C14H29N3/c1-2-7-16-8-10-17(11-9-16)13-14(12-15)5-3-4-6-14/h2-13,15H2,1H3. The summed E-state index contributed by atoms with van der Waals surface area (Å²) in [5.74, 6) is 0. The van der Waals surface area contributed by atoms with Crippen LogP contribution in [0.5, 0.6) is 0 Å². The van der Waals surface area contributed by atoms with Gasteiger partial charge < -0.3 is 15.5 Å². The highest BCUT2D eigenvalue weighted by Gasteiger charge is 2.34. The number of nitrogens with zero attached hydrogens (tertiary/aromatic N) is 2. The third-order valence-electron chi connectivity index (χ3n) is 4.66. The third-order valence-corrected chi connectivity index (χ3v) is 4.66. The molecular formula is C14H29N3. The van der Waals surface area contributed by atoms with Gasteiger partial charge in [-0.3, -0.25) is 0 Å². The summed E-state index contributed by atoms with van der Waals surface area (Å²) in [5.41, 5.74) is 6.49. The van der Waals surface area contributed by atoms with Gasteiger partial charge in [-0.05, 0) is 37.8 Å². The van der Waals surface area contributed by atoms with Gasteiger partial charge >= 0.3 is 0 Å². The van der Waals surface area contributed by atoms with Crippen molar-refractivity contribution in [1.29, 1.82) is 0 Å².